The van der Waals surface area contributed by atoms with Gasteiger partial charge in [0.25, 0.3) is 0 Å². The number of nitrogens with two attached hydrogens (primary N) is 1. The Bertz CT molecular complexity index is 591. The van der Waals surface area contributed by atoms with E-state index in [0.717, 1.165) is 23.7 Å². The minimum atomic E-state index is -3.10. The molecule has 2 aliphatic rings. The van der Waals surface area contributed by atoms with Crippen LogP contribution in [0.3, 0.4) is 0 Å². The van der Waals surface area contributed by atoms with Crippen LogP contribution in [0.4, 0.5) is 5.69 Å². The predicted octanol–water partition coefficient (Wildman–Crippen LogP) is 2.42. The minimum absolute atomic E-state index is 0.214. The van der Waals surface area contributed by atoms with Gasteiger partial charge in [-0.1, -0.05) is 12.5 Å². The van der Waals surface area contributed by atoms with Crippen LogP contribution in [0.2, 0.25) is 0 Å². The highest BCUT2D eigenvalue weighted by molar-refractivity contribution is 8.00. The van der Waals surface area contributed by atoms with E-state index >= 15 is 0 Å². The average molecular weight is 326 g/mol. The molecule has 1 aliphatic carbocycles. The van der Waals surface area contributed by atoms with E-state index in [-0.39, 0.29) is 5.75 Å². The fraction of sp³-hybridized carbons (Fsp3) is 0.600. The van der Waals surface area contributed by atoms with Gasteiger partial charge in [-0.25, -0.2) is 12.7 Å². The zero-order chi connectivity index (χ0) is 14.9. The molecule has 1 heterocycles. The van der Waals surface area contributed by atoms with E-state index in [2.05, 4.69) is 0 Å². The average Bonchev–Trinajstić information content (AvgIpc) is 2.99. The Morgan fingerprint density at radius 3 is 2.62 bits per heavy atom. The number of sulfonamides is 1. The molecule has 1 aromatic rings. The Morgan fingerprint density at radius 1 is 1.24 bits per heavy atom. The fourth-order valence-corrected chi connectivity index (χ4v) is 6.32. The van der Waals surface area contributed by atoms with Gasteiger partial charge >= 0.3 is 0 Å². The number of benzene rings is 1. The summed E-state index contributed by atoms with van der Waals surface area (Å²) in [6.07, 6.45) is 3.68. The molecule has 1 saturated carbocycles. The van der Waals surface area contributed by atoms with Crippen LogP contribution in [0.1, 0.15) is 19.3 Å². The maximum Gasteiger partial charge on any atom is 0.214 e. The van der Waals surface area contributed by atoms with Crippen molar-refractivity contribution >= 4 is 27.5 Å². The van der Waals surface area contributed by atoms with Crippen molar-refractivity contribution in [3.63, 3.8) is 0 Å². The number of fused-ring (bicyclic) bond motifs is 1. The summed E-state index contributed by atoms with van der Waals surface area (Å²) >= 11 is 1.56. The van der Waals surface area contributed by atoms with Gasteiger partial charge in [-0.05, 0) is 42.9 Å². The van der Waals surface area contributed by atoms with Crippen LogP contribution in [0, 0.1) is 11.8 Å². The molecule has 116 valence electrons. The number of hydrogen-bond acceptors (Lipinski definition) is 4. The summed E-state index contributed by atoms with van der Waals surface area (Å²) in [4.78, 5) is 1.03. The lowest BCUT2D eigenvalue weighted by atomic mass is 10.0. The van der Waals surface area contributed by atoms with Gasteiger partial charge in [0.15, 0.2) is 0 Å². The largest absolute Gasteiger partial charge is 0.399 e. The molecule has 3 rings (SSSR count). The Labute approximate surface area is 131 Å². The zero-order valence-corrected chi connectivity index (χ0v) is 13.7. The molecular formula is C15H22N2O2S2. The molecule has 2 unspecified atom stereocenters. The minimum Gasteiger partial charge on any atom is -0.399 e. The molecule has 0 aromatic heterocycles. The van der Waals surface area contributed by atoms with E-state index in [4.69, 9.17) is 5.73 Å². The molecule has 1 aromatic carbocycles. The molecule has 2 N–H and O–H groups in total. The molecule has 6 heteroatoms. The van der Waals surface area contributed by atoms with Crippen molar-refractivity contribution in [1.82, 2.24) is 4.31 Å². The van der Waals surface area contributed by atoms with Crippen LogP contribution < -0.4 is 5.73 Å². The maximum atomic E-state index is 12.4. The first-order valence-electron chi connectivity index (χ1n) is 7.51. The molecule has 0 radical (unpaired) electrons. The van der Waals surface area contributed by atoms with Crippen LogP contribution in [-0.2, 0) is 10.0 Å². The predicted molar refractivity (Wildman–Crippen MR) is 87.8 cm³/mol. The second-order valence-corrected chi connectivity index (χ2v) is 9.26. The van der Waals surface area contributed by atoms with E-state index in [1.54, 1.807) is 16.1 Å². The Morgan fingerprint density at radius 2 is 1.95 bits per heavy atom. The number of rotatable bonds is 5. The Balaban J connectivity index is 1.52. The Kier molecular flexibility index (Phi) is 4.47. The lowest BCUT2D eigenvalue weighted by Gasteiger charge is -2.17. The molecule has 0 bridgehead atoms. The van der Waals surface area contributed by atoms with Crippen molar-refractivity contribution in [2.24, 2.45) is 11.8 Å². The third-order valence-corrected chi connectivity index (χ3v) is 7.61. The normalized spacial score (nSPS) is 26.1. The van der Waals surface area contributed by atoms with Crippen molar-refractivity contribution in [2.45, 2.75) is 24.2 Å². The summed E-state index contributed by atoms with van der Waals surface area (Å²) < 4.78 is 26.5. The van der Waals surface area contributed by atoms with Crippen LogP contribution in [-0.4, -0.2) is 37.3 Å². The van der Waals surface area contributed by atoms with Gasteiger partial charge in [-0.2, -0.15) is 0 Å². The summed E-state index contributed by atoms with van der Waals surface area (Å²) in [6.45, 7) is 1.49. The highest BCUT2D eigenvalue weighted by Crippen LogP contribution is 2.38. The molecule has 1 aliphatic heterocycles. The van der Waals surface area contributed by atoms with Gasteiger partial charge in [0.2, 0.25) is 10.0 Å². The smallest absolute Gasteiger partial charge is 0.214 e. The second kappa shape index (κ2) is 6.18. The Hall–Kier alpha value is -0.720. The number of nitrogen functional groups attached to an aromatic ring is 1. The zero-order valence-electron chi connectivity index (χ0n) is 12.1. The molecule has 21 heavy (non-hydrogen) atoms. The third kappa shape index (κ3) is 3.55. The van der Waals surface area contributed by atoms with Gasteiger partial charge in [0.1, 0.15) is 0 Å². The lowest BCUT2D eigenvalue weighted by molar-refractivity contribution is 0.446. The monoisotopic (exact) mass is 326 g/mol. The number of anilines is 1. The molecule has 4 nitrogen and oxygen atoms in total. The summed E-state index contributed by atoms with van der Waals surface area (Å²) in [5, 5.41) is 0. The number of thioether (sulfide) groups is 1. The quantitative estimate of drug-likeness (QED) is 0.667. The van der Waals surface area contributed by atoms with Gasteiger partial charge in [0, 0.05) is 29.4 Å². The van der Waals surface area contributed by atoms with Crippen LogP contribution in [0.5, 0.6) is 0 Å². The van der Waals surface area contributed by atoms with E-state index in [1.807, 2.05) is 24.3 Å². The highest BCUT2D eigenvalue weighted by atomic mass is 32.2. The fourth-order valence-electron chi connectivity index (χ4n) is 3.42. The number of nitrogens with zero attached hydrogens (tertiary/aromatic N) is 1. The lowest BCUT2D eigenvalue weighted by Crippen LogP contribution is -2.32. The van der Waals surface area contributed by atoms with Crippen molar-refractivity contribution in [1.29, 1.82) is 0 Å². The molecule has 0 spiro atoms. The van der Waals surface area contributed by atoms with E-state index in [0.29, 0.717) is 17.6 Å². The van der Waals surface area contributed by atoms with Gasteiger partial charge < -0.3 is 5.73 Å². The summed E-state index contributed by atoms with van der Waals surface area (Å²) in [5.41, 5.74) is 6.45. The van der Waals surface area contributed by atoms with Crippen LogP contribution >= 0.6 is 11.8 Å². The summed E-state index contributed by atoms with van der Waals surface area (Å²) in [7, 11) is -3.10. The van der Waals surface area contributed by atoms with Gasteiger partial charge in [-0.15, -0.1) is 11.8 Å². The van der Waals surface area contributed by atoms with Gasteiger partial charge in [0.05, 0.1) is 5.75 Å². The van der Waals surface area contributed by atoms with E-state index in [1.165, 1.54) is 19.3 Å². The van der Waals surface area contributed by atoms with E-state index < -0.39 is 10.0 Å². The standard InChI is InChI=1S/C15H22N2O2S2/c16-14-5-2-6-15(9-14)20-7-8-21(18,19)17-10-12-3-1-4-13(12)11-17/h2,5-6,9,12-13H,1,3-4,7-8,10-11,16H2. The topological polar surface area (TPSA) is 63.4 Å². The van der Waals surface area contributed by atoms with Gasteiger partial charge in [-0.3, -0.25) is 0 Å². The molecule has 2 atom stereocenters. The number of hydrogen-bond donors (Lipinski definition) is 1. The van der Waals surface area contributed by atoms with Crippen molar-refractivity contribution in [2.75, 3.05) is 30.3 Å². The van der Waals surface area contributed by atoms with Crippen molar-refractivity contribution in [3.8, 4) is 0 Å². The summed E-state index contributed by atoms with van der Waals surface area (Å²) in [5.74, 6) is 2.02. The third-order valence-electron chi connectivity index (χ3n) is 4.55. The van der Waals surface area contributed by atoms with Crippen molar-refractivity contribution in [3.05, 3.63) is 24.3 Å². The molecular weight excluding hydrogens is 304 g/mol. The van der Waals surface area contributed by atoms with E-state index in [9.17, 15) is 8.42 Å². The maximum absolute atomic E-state index is 12.4. The van der Waals surface area contributed by atoms with Crippen LogP contribution in [0.15, 0.2) is 29.2 Å². The molecule has 1 saturated heterocycles. The summed E-state index contributed by atoms with van der Waals surface area (Å²) in [6, 6.07) is 7.59. The SMILES string of the molecule is Nc1cccc(SCCS(=O)(=O)N2CC3CCCC3C2)c1. The molecule has 0 amide bonds. The molecule has 2 fully saturated rings. The first kappa shape index (κ1) is 15.2. The van der Waals surface area contributed by atoms with Crippen molar-refractivity contribution < 1.29 is 8.42 Å². The first-order chi connectivity index (χ1) is 10.0. The first-order valence-corrected chi connectivity index (χ1v) is 10.1. The second-order valence-electron chi connectivity index (χ2n) is 6.01. The van der Waals surface area contributed by atoms with Crippen LogP contribution in [0.25, 0.3) is 0 Å². The highest BCUT2D eigenvalue weighted by Gasteiger charge is 2.40.